The van der Waals surface area contributed by atoms with Crippen LogP contribution in [0.4, 0.5) is 0 Å². The summed E-state index contributed by atoms with van der Waals surface area (Å²) < 4.78 is 0. The molecular formula is C12H19N3O2. The molecule has 0 unspecified atom stereocenters. The van der Waals surface area contributed by atoms with Crippen LogP contribution in [-0.2, 0) is 9.59 Å². The number of nitrogens with one attached hydrogen (secondary N) is 2. The summed E-state index contributed by atoms with van der Waals surface area (Å²) in [5.41, 5.74) is 0.481. The van der Waals surface area contributed by atoms with E-state index >= 15 is 0 Å². The van der Waals surface area contributed by atoms with Gasteiger partial charge in [0.05, 0.1) is 0 Å². The number of carbonyl (C=O) groups is 2. The van der Waals surface area contributed by atoms with E-state index in [1.807, 2.05) is 0 Å². The van der Waals surface area contributed by atoms with E-state index in [-0.39, 0.29) is 11.8 Å². The maximum Gasteiger partial charge on any atom is 0.247 e. The van der Waals surface area contributed by atoms with Crippen molar-refractivity contribution in [3.05, 3.63) is 24.3 Å². The Morgan fingerprint density at radius 3 is 2.65 bits per heavy atom. The molecule has 1 rings (SSSR count). The highest BCUT2D eigenvalue weighted by Crippen LogP contribution is 2.05. The molecule has 2 N–H and O–H groups in total. The van der Waals surface area contributed by atoms with E-state index in [9.17, 15) is 9.59 Å². The molecule has 17 heavy (non-hydrogen) atoms. The predicted octanol–water partition coefficient (Wildman–Crippen LogP) is -0.333. The van der Waals surface area contributed by atoms with Crippen LogP contribution < -0.4 is 10.6 Å². The third-order valence-electron chi connectivity index (χ3n) is 2.58. The quantitative estimate of drug-likeness (QED) is 0.491. The van der Waals surface area contributed by atoms with E-state index in [1.165, 1.54) is 0 Å². The Balaban J connectivity index is 2.11. The van der Waals surface area contributed by atoms with Crippen molar-refractivity contribution in [2.75, 3.05) is 33.2 Å². The first-order valence-electron chi connectivity index (χ1n) is 5.71. The van der Waals surface area contributed by atoms with E-state index < -0.39 is 0 Å². The summed E-state index contributed by atoms with van der Waals surface area (Å²) >= 11 is 0. The van der Waals surface area contributed by atoms with Crippen molar-refractivity contribution in [3.8, 4) is 0 Å². The van der Waals surface area contributed by atoms with Gasteiger partial charge in [-0.15, -0.1) is 0 Å². The van der Waals surface area contributed by atoms with Crippen LogP contribution in [0, 0.1) is 0 Å². The molecule has 0 atom stereocenters. The van der Waals surface area contributed by atoms with Crippen LogP contribution in [0.1, 0.15) is 6.42 Å². The molecule has 0 spiro atoms. The summed E-state index contributed by atoms with van der Waals surface area (Å²) in [6.07, 6.45) is 4.43. The Hall–Kier alpha value is -1.62. The van der Waals surface area contributed by atoms with Gasteiger partial charge in [-0.2, -0.15) is 0 Å². The van der Waals surface area contributed by atoms with E-state index in [4.69, 9.17) is 0 Å². The van der Waals surface area contributed by atoms with Crippen LogP contribution >= 0.6 is 0 Å². The largest absolute Gasteiger partial charge is 0.355 e. The number of hydrogen-bond donors (Lipinski definition) is 2. The highest BCUT2D eigenvalue weighted by atomic mass is 16.2. The maximum atomic E-state index is 11.4. The van der Waals surface area contributed by atoms with Gasteiger partial charge in [-0.3, -0.25) is 9.59 Å². The average molecular weight is 237 g/mol. The Morgan fingerprint density at radius 1 is 1.41 bits per heavy atom. The zero-order valence-corrected chi connectivity index (χ0v) is 10.2. The maximum absolute atomic E-state index is 11.4. The lowest BCUT2D eigenvalue weighted by Crippen LogP contribution is -2.41. The molecule has 1 heterocycles. The SMILES string of the molecule is C=C(CNC/C=C/C(=O)N1CCC1)C(=O)NC. The fraction of sp³-hybridized carbons (Fsp3) is 0.500. The van der Waals surface area contributed by atoms with Gasteiger partial charge in [0, 0.05) is 44.9 Å². The monoisotopic (exact) mass is 237 g/mol. The normalized spacial score (nSPS) is 14.5. The Labute approximate surface area is 102 Å². The molecule has 0 saturated carbocycles. The molecule has 0 aromatic rings. The van der Waals surface area contributed by atoms with Gasteiger partial charge in [-0.05, 0) is 6.42 Å². The van der Waals surface area contributed by atoms with Crippen LogP contribution in [0.25, 0.3) is 0 Å². The number of hydrogen-bond acceptors (Lipinski definition) is 3. The first kappa shape index (κ1) is 13.4. The van der Waals surface area contributed by atoms with Crippen LogP contribution in [0.2, 0.25) is 0 Å². The molecule has 0 radical (unpaired) electrons. The minimum Gasteiger partial charge on any atom is -0.355 e. The van der Waals surface area contributed by atoms with E-state index in [1.54, 1.807) is 24.1 Å². The summed E-state index contributed by atoms with van der Waals surface area (Å²) in [6, 6.07) is 0. The van der Waals surface area contributed by atoms with Crippen molar-refractivity contribution in [1.82, 2.24) is 15.5 Å². The van der Waals surface area contributed by atoms with Crippen LogP contribution in [-0.4, -0.2) is 49.9 Å². The van der Waals surface area contributed by atoms with Crippen molar-refractivity contribution >= 4 is 11.8 Å². The number of likely N-dealkylation sites (tertiary alicyclic amines) is 1. The summed E-state index contributed by atoms with van der Waals surface area (Å²) in [5, 5.41) is 5.51. The van der Waals surface area contributed by atoms with E-state index in [0.29, 0.717) is 18.7 Å². The average Bonchev–Trinajstić information content (AvgIpc) is 2.24. The Bertz CT molecular complexity index is 333. The summed E-state index contributed by atoms with van der Waals surface area (Å²) in [5.74, 6) is -0.110. The smallest absolute Gasteiger partial charge is 0.247 e. The zero-order chi connectivity index (χ0) is 12.7. The first-order valence-corrected chi connectivity index (χ1v) is 5.71. The Kier molecular flexibility index (Phi) is 5.42. The number of nitrogens with zero attached hydrogens (tertiary/aromatic N) is 1. The molecule has 1 saturated heterocycles. The highest BCUT2D eigenvalue weighted by Gasteiger charge is 2.16. The van der Waals surface area contributed by atoms with Gasteiger partial charge in [0.15, 0.2) is 0 Å². The van der Waals surface area contributed by atoms with E-state index in [2.05, 4.69) is 17.2 Å². The second-order valence-electron chi connectivity index (χ2n) is 3.89. The summed E-state index contributed by atoms with van der Waals surface area (Å²) in [4.78, 5) is 24.3. The lowest BCUT2D eigenvalue weighted by atomic mass is 10.2. The molecule has 2 amide bonds. The van der Waals surface area contributed by atoms with Gasteiger partial charge in [0.25, 0.3) is 0 Å². The van der Waals surface area contributed by atoms with Gasteiger partial charge in [0.1, 0.15) is 0 Å². The van der Waals surface area contributed by atoms with Crippen molar-refractivity contribution in [2.24, 2.45) is 0 Å². The molecule has 1 aliphatic heterocycles. The molecule has 1 aliphatic rings. The molecule has 0 aromatic carbocycles. The highest BCUT2D eigenvalue weighted by molar-refractivity contribution is 5.92. The first-order chi connectivity index (χ1) is 8.15. The minimum absolute atomic E-state index is 0.0585. The van der Waals surface area contributed by atoms with Gasteiger partial charge < -0.3 is 15.5 Å². The minimum atomic E-state index is -0.168. The number of carbonyl (C=O) groups excluding carboxylic acids is 2. The molecule has 0 aliphatic carbocycles. The van der Waals surface area contributed by atoms with Crippen molar-refractivity contribution in [2.45, 2.75) is 6.42 Å². The van der Waals surface area contributed by atoms with Gasteiger partial charge in [-0.1, -0.05) is 12.7 Å². The number of likely N-dealkylation sites (N-methyl/N-ethyl adjacent to an activating group) is 1. The molecular weight excluding hydrogens is 218 g/mol. The molecule has 1 fully saturated rings. The zero-order valence-electron chi connectivity index (χ0n) is 10.2. The topological polar surface area (TPSA) is 61.4 Å². The van der Waals surface area contributed by atoms with E-state index in [0.717, 1.165) is 19.5 Å². The molecule has 0 aromatic heterocycles. The van der Waals surface area contributed by atoms with Crippen molar-refractivity contribution < 1.29 is 9.59 Å². The van der Waals surface area contributed by atoms with Gasteiger partial charge >= 0.3 is 0 Å². The van der Waals surface area contributed by atoms with Crippen molar-refractivity contribution in [1.29, 1.82) is 0 Å². The third kappa shape index (κ3) is 4.40. The predicted molar refractivity (Wildman–Crippen MR) is 66.4 cm³/mol. The standard InChI is InChI=1S/C12H19N3O2/c1-10(12(17)13-2)9-14-6-3-5-11(16)15-7-4-8-15/h3,5,14H,1,4,6-9H2,2H3,(H,13,17)/b5-3+. The lowest BCUT2D eigenvalue weighted by molar-refractivity contribution is -0.129. The van der Waals surface area contributed by atoms with Crippen LogP contribution in [0.3, 0.4) is 0 Å². The van der Waals surface area contributed by atoms with Crippen LogP contribution in [0.15, 0.2) is 24.3 Å². The van der Waals surface area contributed by atoms with Gasteiger partial charge in [0.2, 0.25) is 11.8 Å². The third-order valence-corrected chi connectivity index (χ3v) is 2.58. The number of amides is 2. The summed E-state index contributed by atoms with van der Waals surface area (Å²) in [6.45, 7) is 6.34. The molecule has 5 nitrogen and oxygen atoms in total. The number of rotatable bonds is 6. The van der Waals surface area contributed by atoms with Gasteiger partial charge in [-0.25, -0.2) is 0 Å². The fourth-order valence-corrected chi connectivity index (χ4v) is 1.37. The molecule has 5 heteroatoms. The Morgan fingerprint density at radius 2 is 2.12 bits per heavy atom. The lowest BCUT2D eigenvalue weighted by Gasteiger charge is -2.29. The second kappa shape index (κ2) is 6.85. The van der Waals surface area contributed by atoms with Crippen molar-refractivity contribution in [3.63, 3.8) is 0 Å². The fourth-order valence-electron chi connectivity index (χ4n) is 1.37. The molecule has 94 valence electrons. The molecule has 0 bridgehead atoms. The second-order valence-corrected chi connectivity index (χ2v) is 3.89. The summed E-state index contributed by atoms with van der Waals surface area (Å²) in [7, 11) is 1.57. The van der Waals surface area contributed by atoms with Crippen LogP contribution in [0.5, 0.6) is 0 Å².